The Morgan fingerprint density at radius 3 is 2.43 bits per heavy atom. The Labute approximate surface area is 130 Å². The third kappa shape index (κ3) is 4.89. The van der Waals surface area contributed by atoms with Crippen LogP contribution in [0.2, 0.25) is 18.1 Å². The molecule has 0 aliphatic carbocycles. The molecule has 0 fully saturated rings. The summed E-state index contributed by atoms with van der Waals surface area (Å²) in [4.78, 5) is 0. The van der Waals surface area contributed by atoms with Crippen LogP contribution < -0.4 is 10.5 Å². The van der Waals surface area contributed by atoms with Gasteiger partial charge in [0.05, 0.1) is 6.61 Å². The molecule has 3 nitrogen and oxygen atoms in total. The molecule has 1 aromatic rings. The summed E-state index contributed by atoms with van der Waals surface area (Å²) in [6.07, 6.45) is 5.41. The molecule has 0 saturated carbocycles. The van der Waals surface area contributed by atoms with E-state index in [1.54, 1.807) is 0 Å². The lowest BCUT2D eigenvalue weighted by atomic mass is 10.1. The Kier molecular flexibility index (Phi) is 6.03. The van der Waals surface area contributed by atoms with Gasteiger partial charge in [0.25, 0.3) is 0 Å². The minimum Gasteiger partial charge on any atom is -0.491 e. The van der Waals surface area contributed by atoms with E-state index in [1.165, 1.54) is 0 Å². The molecule has 0 unspecified atom stereocenters. The van der Waals surface area contributed by atoms with Crippen molar-refractivity contribution >= 4 is 8.32 Å². The van der Waals surface area contributed by atoms with Crippen molar-refractivity contribution in [2.45, 2.75) is 45.4 Å². The summed E-state index contributed by atoms with van der Waals surface area (Å²) in [7, 11) is -1.72. The average molecular weight is 305 g/mol. The molecule has 0 heterocycles. The number of nitrogens with two attached hydrogens (primary N) is 1. The zero-order valence-corrected chi connectivity index (χ0v) is 14.8. The van der Waals surface area contributed by atoms with Gasteiger partial charge in [-0.25, -0.2) is 0 Å². The fraction of sp³-hybridized carbons (Fsp3) is 0.529. The van der Waals surface area contributed by atoms with Gasteiger partial charge in [-0.2, -0.15) is 0 Å². The molecule has 4 heteroatoms. The maximum Gasteiger partial charge on any atom is 0.192 e. The summed E-state index contributed by atoms with van der Waals surface area (Å²) in [5.41, 5.74) is 7.47. The number of hydrogen-bond acceptors (Lipinski definition) is 3. The smallest absolute Gasteiger partial charge is 0.192 e. The molecule has 0 spiro atoms. The van der Waals surface area contributed by atoms with Crippen molar-refractivity contribution in [1.82, 2.24) is 0 Å². The minimum absolute atomic E-state index is 0.207. The van der Waals surface area contributed by atoms with Crippen LogP contribution >= 0.6 is 0 Å². The van der Waals surface area contributed by atoms with Crippen molar-refractivity contribution in [3.8, 4) is 18.1 Å². The molecular weight excluding hydrogens is 278 g/mol. The predicted octanol–water partition coefficient (Wildman–Crippen LogP) is 3.53. The molecule has 0 radical (unpaired) electrons. The van der Waals surface area contributed by atoms with Gasteiger partial charge < -0.3 is 14.9 Å². The van der Waals surface area contributed by atoms with Crippen molar-refractivity contribution in [1.29, 1.82) is 0 Å². The monoisotopic (exact) mass is 305 g/mol. The van der Waals surface area contributed by atoms with Crippen molar-refractivity contribution in [2.24, 2.45) is 5.73 Å². The molecule has 0 amide bonds. The summed E-state index contributed by atoms with van der Waals surface area (Å²) in [5.74, 6) is 3.36. The van der Waals surface area contributed by atoms with E-state index in [1.807, 2.05) is 18.2 Å². The molecular formula is C17H27NO2Si. The second-order valence-electron chi connectivity index (χ2n) is 6.63. The van der Waals surface area contributed by atoms with E-state index in [9.17, 15) is 0 Å². The first-order chi connectivity index (χ1) is 9.71. The largest absolute Gasteiger partial charge is 0.491 e. The third-order valence-corrected chi connectivity index (χ3v) is 8.60. The quantitative estimate of drug-likeness (QED) is 0.497. The third-order valence-electron chi connectivity index (χ3n) is 4.06. The second kappa shape index (κ2) is 7.12. The van der Waals surface area contributed by atoms with Crippen molar-refractivity contribution < 1.29 is 9.16 Å². The van der Waals surface area contributed by atoms with E-state index in [-0.39, 0.29) is 5.04 Å². The van der Waals surface area contributed by atoms with Crippen LogP contribution in [0.3, 0.4) is 0 Å². The molecule has 0 aliphatic heterocycles. The normalized spacial score (nSPS) is 12.0. The Bertz CT molecular complexity index is 513. The first-order valence-electron chi connectivity index (χ1n) is 7.27. The zero-order valence-electron chi connectivity index (χ0n) is 13.8. The van der Waals surface area contributed by atoms with Crippen LogP contribution in [0.25, 0.3) is 0 Å². The van der Waals surface area contributed by atoms with E-state index in [0.29, 0.717) is 19.8 Å². The fourth-order valence-electron chi connectivity index (χ4n) is 1.61. The van der Waals surface area contributed by atoms with Crippen LogP contribution in [-0.2, 0) is 11.0 Å². The van der Waals surface area contributed by atoms with E-state index in [0.717, 1.165) is 16.9 Å². The van der Waals surface area contributed by atoms with Crippen LogP contribution in [0.15, 0.2) is 18.2 Å². The first-order valence-corrected chi connectivity index (χ1v) is 10.2. The summed E-state index contributed by atoms with van der Waals surface area (Å²) < 4.78 is 11.9. The summed E-state index contributed by atoms with van der Waals surface area (Å²) in [6.45, 7) is 12.7. The second-order valence-corrected chi connectivity index (χ2v) is 11.4. The first kappa shape index (κ1) is 17.8. The lowest BCUT2D eigenvalue weighted by molar-refractivity contribution is 0.202. The topological polar surface area (TPSA) is 44.5 Å². The summed E-state index contributed by atoms with van der Waals surface area (Å²) in [6, 6.07) is 5.65. The predicted molar refractivity (Wildman–Crippen MR) is 90.9 cm³/mol. The van der Waals surface area contributed by atoms with Gasteiger partial charge in [0.15, 0.2) is 8.32 Å². The Hall–Kier alpha value is -1.28. The molecule has 1 aromatic carbocycles. The standard InChI is InChI=1S/C17H27NO2Si/c1-7-14-8-9-15(13-18)16(12-14)19-10-11-20-21(5,6)17(2,3)4/h1,8-9,12H,10-11,13,18H2,2-6H3. The van der Waals surface area contributed by atoms with Gasteiger partial charge in [-0.05, 0) is 30.3 Å². The van der Waals surface area contributed by atoms with Crippen LogP contribution in [0.1, 0.15) is 31.9 Å². The molecule has 0 saturated heterocycles. The molecule has 0 aliphatic rings. The molecule has 1 rings (SSSR count). The maximum absolute atomic E-state index is 6.09. The molecule has 2 N–H and O–H groups in total. The van der Waals surface area contributed by atoms with E-state index >= 15 is 0 Å². The maximum atomic E-state index is 6.09. The molecule has 116 valence electrons. The number of benzene rings is 1. The molecule has 0 atom stereocenters. The number of terminal acetylenes is 1. The van der Waals surface area contributed by atoms with Gasteiger partial charge in [-0.15, -0.1) is 6.42 Å². The van der Waals surface area contributed by atoms with E-state index in [4.69, 9.17) is 21.3 Å². The SMILES string of the molecule is C#Cc1ccc(CN)c(OCCO[Si](C)(C)C(C)(C)C)c1. The van der Waals surface area contributed by atoms with Crippen LogP contribution in [0.5, 0.6) is 5.75 Å². The van der Waals surface area contributed by atoms with E-state index in [2.05, 4.69) is 39.8 Å². The van der Waals surface area contributed by atoms with E-state index < -0.39 is 8.32 Å². The van der Waals surface area contributed by atoms with Gasteiger partial charge >= 0.3 is 0 Å². The van der Waals surface area contributed by atoms with Crippen molar-refractivity contribution in [3.63, 3.8) is 0 Å². The number of rotatable bonds is 6. The minimum atomic E-state index is -1.72. The summed E-state index contributed by atoms with van der Waals surface area (Å²) >= 11 is 0. The molecule has 0 aromatic heterocycles. The highest BCUT2D eigenvalue weighted by Gasteiger charge is 2.36. The lowest BCUT2D eigenvalue weighted by Gasteiger charge is -2.36. The molecule has 21 heavy (non-hydrogen) atoms. The van der Waals surface area contributed by atoms with Crippen LogP contribution in [0.4, 0.5) is 0 Å². The van der Waals surface area contributed by atoms with Crippen LogP contribution in [0, 0.1) is 12.3 Å². The lowest BCUT2D eigenvalue weighted by Crippen LogP contribution is -2.41. The fourth-order valence-corrected chi connectivity index (χ4v) is 2.64. The highest BCUT2D eigenvalue weighted by molar-refractivity contribution is 6.74. The Morgan fingerprint density at radius 2 is 1.90 bits per heavy atom. The van der Waals surface area contributed by atoms with Gasteiger partial charge in [0.1, 0.15) is 12.4 Å². The van der Waals surface area contributed by atoms with Crippen molar-refractivity contribution in [2.75, 3.05) is 13.2 Å². The average Bonchev–Trinajstić information content (AvgIpc) is 2.42. The number of hydrogen-bond donors (Lipinski definition) is 1. The zero-order chi connectivity index (χ0) is 16.1. The van der Waals surface area contributed by atoms with Gasteiger partial charge in [-0.1, -0.05) is 32.8 Å². The summed E-state index contributed by atoms with van der Waals surface area (Å²) in [5, 5.41) is 0.207. The highest BCUT2D eigenvalue weighted by Crippen LogP contribution is 2.36. The highest BCUT2D eigenvalue weighted by atomic mass is 28.4. The molecule has 0 bridgehead atoms. The van der Waals surface area contributed by atoms with Gasteiger partial charge in [0, 0.05) is 17.7 Å². The Morgan fingerprint density at radius 1 is 1.24 bits per heavy atom. The number of ether oxygens (including phenoxy) is 1. The Balaban J connectivity index is 2.59. The van der Waals surface area contributed by atoms with Gasteiger partial charge in [-0.3, -0.25) is 0 Å². The van der Waals surface area contributed by atoms with Crippen LogP contribution in [-0.4, -0.2) is 21.5 Å². The van der Waals surface area contributed by atoms with Gasteiger partial charge in [0.2, 0.25) is 0 Å². The van der Waals surface area contributed by atoms with Crippen molar-refractivity contribution in [3.05, 3.63) is 29.3 Å².